The van der Waals surface area contributed by atoms with Gasteiger partial charge in [-0.2, -0.15) is 0 Å². The largest absolute Gasteiger partial charge is 0.479 e. The van der Waals surface area contributed by atoms with Gasteiger partial charge in [0.05, 0.1) is 0 Å². The van der Waals surface area contributed by atoms with E-state index in [9.17, 15) is 9.90 Å². The van der Waals surface area contributed by atoms with Gasteiger partial charge < -0.3 is 5.11 Å². The maximum atomic E-state index is 11.7. The fourth-order valence-electron chi connectivity index (χ4n) is 2.70. The van der Waals surface area contributed by atoms with Crippen LogP contribution in [-0.2, 0) is 16.8 Å². The summed E-state index contributed by atoms with van der Waals surface area (Å²) in [4.78, 5) is 11.7. The molecule has 1 aromatic rings. The molecule has 0 aromatic carbocycles. The Balaban J connectivity index is 2.66. The molecule has 1 rings (SSSR count). The first-order valence-electron chi connectivity index (χ1n) is 8.13. The van der Waals surface area contributed by atoms with Gasteiger partial charge in [0.15, 0.2) is 11.4 Å². The molecular weight excluding hydrogens is 268 g/mol. The Morgan fingerprint density at radius 2 is 1.71 bits per heavy atom. The number of carboxylic acids is 1. The topological polar surface area (TPSA) is 80.9 Å². The van der Waals surface area contributed by atoms with Crippen molar-refractivity contribution in [3.8, 4) is 0 Å². The summed E-state index contributed by atoms with van der Waals surface area (Å²) in [6.45, 7) is 5.94. The molecular formula is C15H28N4O2. The Kier molecular flexibility index (Phi) is 7.32. The van der Waals surface area contributed by atoms with Gasteiger partial charge in [-0.15, -0.1) is 5.10 Å². The Morgan fingerprint density at radius 3 is 2.29 bits per heavy atom. The van der Waals surface area contributed by atoms with Crippen LogP contribution in [0.15, 0.2) is 0 Å². The zero-order valence-corrected chi connectivity index (χ0v) is 13.5. The van der Waals surface area contributed by atoms with Crippen LogP contribution in [0.2, 0.25) is 0 Å². The summed E-state index contributed by atoms with van der Waals surface area (Å²) in [6, 6.07) is 0. The standard InChI is InChI=1S/C15H28N4O2/c1-4-7-8-9-10-11-12-13-16-17-18-19(13)15(5-2,6-3)14(20)21/h4-12H2,1-3H3,(H,20,21). The zero-order chi connectivity index (χ0) is 15.7. The van der Waals surface area contributed by atoms with Gasteiger partial charge in [-0.3, -0.25) is 0 Å². The van der Waals surface area contributed by atoms with Crippen LogP contribution in [-0.4, -0.2) is 31.3 Å². The van der Waals surface area contributed by atoms with Gasteiger partial charge >= 0.3 is 5.97 Å². The van der Waals surface area contributed by atoms with E-state index in [4.69, 9.17) is 0 Å². The van der Waals surface area contributed by atoms with Crippen LogP contribution in [0.3, 0.4) is 0 Å². The number of aryl methyl sites for hydroxylation is 1. The van der Waals surface area contributed by atoms with Crippen LogP contribution >= 0.6 is 0 Å². The highest BCUT2D eigenvalue weighted by Gasteiger charge is 2.40. The second kappa shape index (κ2) is 8.74. The molecule has 0 radical (unpaired) electrons. The number of unbranched alkanes of at least 4 members (excludes halogenated alkanes) is 5. The third-order valence-corrected chi connectivity index (χ3v) is 4.26. The first-order chi connectivity index (χ1) is 10.1. The Morgan fingerprint density at radius 1 is 1.10 bits per heavy atom. The predicted octanol–water partition coefficient (Wildman–Crippen LogP) is 3.18. The summed E-state index contributed by atoms with van der Waals surface area (Å²) >= 11 is 0. The first kappa shape index (κ1) is 17.6. The minimum absolute atomic E-state index is 0.480. The van der Waals surface area contributed by atoms with Crippen molar-refractivity contribution in [3.63, 3.8) is 0 Å². The van der Waals surface area contributed by atoms with Gasteiger partial charge in [-0.05, 0) is 29.7 Å². The summed E-state index contributed by atoms with van der Waals surface area (Å²) in [5.74, 6) is -0.166. The quantitative estimate of drug-likeness (QED) is 0.634. The van der Waals surface area contributed by atoms with E-state index in [2.05, 4.69) is 22.4 Å². The van der Waals surface area contributed by atoms with Crippen molar-refractivity contribution in [2.45, 2.75) is 84.1 Å². The molecule has 0 aliphatic carbocycles. The van der Waals surface area contributed by atoms with Crippen LogP contribution in [0.25, 0.3) is 0 Å². The summed E-state index contributed by atoms with van der Waals surface area (Å²) < 4.78 is 1.53. The van der Waals surface area contributed by atoms with Crippen molar-refractivity contribution in [2.75, 3.05) is 0 Å². The van der Waals surface area contributed by atoms with E-state index in [1.54, 1.807) is 0 Å². The van der Waals surface area contributed by atoms with Crippen molar-refractivity contribution < 1.29 is 9.90 Å². The number of aliphatic carboxylic acids is 1. The maximum Gasteiger partial charge on any atom is 0.331 e. The van der Waals surface area contributed by atoms with E-state index in [-0.39, 0.29) is 0 Å². The van der Waals surface area contributed by atoms with Gasteiger partial charge in [0.1, 0.15) is 0 Å². The molecule has 6 nitrogen and oxygen atoms in total. The average molecular weight is 296 g/mol. The number of hydrogen-bond donors (Lipinski definition) is 1. The summed E-state index contributed by atoms with van der Waals surface area (Å²) in [7, 11) is 0. The SMILES string of the molecule is CCCCCCCCc1nnnn1C(CC)(CC)C(=O)O. The highest BCUT2D eigenvalue weighted by Crippen LogP contribution is 2.26. The molecule has 0 saturated heterocycles. The van der Waals surface area contributed by atoms with Gasteiger partial charge in [-0.25, -0.2) is 9.48 Å². The monoisotopic (exact) mass is 296 g/mol. The molecule has 21 heavy (non-hydrogen) atoms. The molecule has 1 heterocycles. The molecule has 0 spiro atoms. The Hall–Kier alpha value is -1.46. The lowest BCUT2D eigenvalue weighted by molar-refractivity contribution is -0.148. The fraction of sp³-hybridized carbons (Fsp3) is 0.867. The van der Waals surface area contributed by atoms with Crippen molar-refractivity contribution in [1.29, 1.82) is 0 Å². The summed E-state index contributed by atoms with van der Waals surface area (Å²) in [6.07, 6.45) is 8.87. The minimum Gasteiger partial charge on any atom is -0.479 e. The third-order valence-electron chi connectivity index (χ3n) is 4.26. The highest BCUT2D eigenvalue weighted by atomic mass is 16.4. The predicted molar refractivity (Wildman–Crippen MR) is 81.1 cm³/mol. The normalized spacial score (nSPS) is 11.8. The smallest absolute Gasteiger partial charge is 0.331 e. The van der Waals surface area contributed by atoms with Crippen molar-refractivity contribution >= 4 is 5.97 Å². The van der Waals surface area contributed by atoms with Crippen LogP contribution in [0.5, 0.6) is 0 Å². The molecule has 0 aliphatic heterocycles. The number of tetrazole rings is 1. The van der Waals surface area contributed by atoms with Crippen LogP contribution < -0.4 is 0 Å². The first-order valence-corrected chi connectivity index (χ1v) is 8.13. The second-order valence-electron chi connectivity index (χ2n) is 5.57. The number of aromatic nitrogens is 4. The maximum absolute atomic E-state index is 11.7. The summed E-state index contributed by atoms with van der Waals surface area (Å²) in [5.41, 5.74) is -1.01. The number of rotatable bonds is 11. The molecule has 0 saturated carbocycles. The number of carbonyl (C=O) groups is 1. The second-order valence-corrected chi connectivity index (χ2v) is 5.57. The number of nitrogens with zero attached hydrogens (tertiary/aromatic N) is 4. The molecule has 1 aromatic heterocycles. The molecule has 1 N–H and O–H groups in total. The molecule has 0 aliphatic rings. The number of carboxylic acid groups (broad SMARTS) is 1. The Labute approximate surface area is 126 Å². The highest BCUT2D eigenvalue weighted by molar-refractivity contribution is 5.76. The van der Waals surface area contributed by atoms with Gasteiger partial charge in [0, 0.05) is 6.42 Å². The van der Waals surface area contributed by atoms with Crippen molar-refractivity contribution in [2.24, 2.45) is 0 Å². The molecule has 0 atom stereocenters. The lowest BCUT2D eigenvalue weighted by Gasteiger charge is -2.27. The molecule has 0 bridgehead atoms. The van der Waals surface area contributed by atoms with E-state index in [1.807, 2.05) is 13.8 Å². The van der Waals surface area contributed by atoms with E-state index >= 15 is 0 Å². The van der Waals surface area contributed by atoms with E-state index in [0.717, 1.165) is 19.3 Å². The fourth-order valence-corrected chi connectivity index (χ4v) is 2.70. The van der Waals surface area contributed by atoms with E-state index in [1.165, 1.54) is 30.4 Å². The molecule has 0 amide bonds. The van der Waals surface area contributed by atoms with Crippen molar-refractivity contribution in [3.05, 3.63) is 5.82 Å². The van der Waals surface area contributed by atoms with Crippen LogP contribution in [0, 0.1) is 0 Å². The molecule has 0 fully saturated rings. The van der Waals surface area contributed by atoms with E-state index in [0.29, 0.717) is 18.7 Å². The van der Waals surface area contributed by atoms with Gasteiger partial charge in [0.2, 0.25) is 0 Å². The minimum atomic E-state index is -1.01. The Bertz CT molecular complexity index is 427. The number of hydrogen-bond acceptors (Lipinski definition) is 4. The van der Waals surface area contributed by atoms with E-state index < -0.39 is 11.5 Å². The summed E-state index contributed by atoms with van der Waals surface area (Å²) in [5, 5.41) is 21.3. The molecule has 120 valence electrons. The van der Waals surface area contributed by atoms with Gasteiger partial charge in [0.25, 0.3) is 0 Å². The lowest BCUT2D eigenvalue weighted by atomic mass is 9.93. The van der Waals surface area contributed by atoms with Crippen LogP contribution in [0.4, 0.5) is 0 Å². The van der Waals surface area contributed by atoms with Gasteiger partial charge in [-0.1, -0.05) is 52.9 Å². The zero-order valence-electron chi connectivity index (χ0n) is 13.5. The van der Waals surface area contributed by atoms with Crippen LogP contribution in [0.1, 0.15) is 78.0 Å². The van der Waals surface area contributed by atoms with Crippen molar-refractivity contribution in [1.82, 2.24) is 20.2 Å². The third kappa shape index (κ3) is 4.25. The average Bonchev–Trinajstić information content (AvgIpc) is 2.93. The molecule has 6 heteroatoms. The molecule has 0 unspecified atom stereocenters. The lowest BCUT2D eigenvalue weighted by Crippen LogP contribution is -2.42.